The Morgan fingerprint density at radius 2 is 2.06 bits per heavy atom. The minimum Gasteiger partial charge on any atom is -0.330 e. The average molecular weight is 237 g/mol. The van der Waals surface area contributed by atoms with Crippen molar-refractivity contribution in [2.75, 3.05) is 0 Å². The van der Waals surface area contributed by atoms with Gasteiger partial charge >= 0.3 is 0 Å². The molecular formula is C11H13ClN4. The molecule has 16 heavy (non-hydrogen) atoms. The topological polar surface area (TPSA) is 43.6 Å². The SMILES string of the molecule is CCn1ccnc1-c1nc(C)nc(Cl)c1C. The quantitative estimate of drug-likeness (QED) is 0.753. The number of rotatable bonds is 2. The second-order valence-corrected chi connectivity index (χ2v) is 3.93. The van der Waals surface area contributed by atoms with Gasteiger partial charge in [0, 0.05) is 24.5 Å². The average Bonchev–Trinajstić information content (AvgIpc) is 2.71. The van der Waals surface area contributed by atoms with E-state index in [4.69, 9.17) is 11.6 Å². The van der Waals surface area contributed by atoms with Crippen molar-refractivity contribution in [3.05, 3.63) is 28.9 Å². The van der Waals surface area contributed by atoms with Crippen LogP contribution in [0.5, 0.6) is 0 Å². The normalized spacial score (nSPS) is 10.8. The van der Waals surface area contributed by atoms with Crippen molar-refractivity contribution in [1.29, 1.82) is 0 Å². The molecular weight excluding hydrogens is 224 g/mol. The molecule has 0 atom stereocenters. The lowest BCUT2D eigenvalue weighted by Gasteiger charge is -2.08. The van der Waals surface area contributed by atoms with Gasteiger partial charge in [-0.05, 0) is 20.8 Å². The Morgan fingerprint density at radius 3 is 2.75 bits per heavy atom. The van der Waals surface area contributed by atoms with Crippen molar-refractivity contribution in [3.8, 4) is 11.5 Å². The van der Waals surface area contributed by atoms with Gasteiger partial charge in [-0.25, -0.2) is 15.0 Å². The first-order valence-electron chi connectivity index (χ1n) is 5.15. The molecule has 0 bridgehead atoms. The van der Waals surface area contributed by atoms with Gasteiger partial charge in [0.05, 0.1) is 0 Å². The van der Waals surface area contributed by atoms with E-state index in [0.29, 0.717) is 11.0 Å². The zero-order valence-corrected chi connectivity index (χ0v) is 10.3. The molecule has 0 spiro atoms. The third-order valence-electron chi connectivity index (χ3n) is 2.47. The van der Waals surface area contributed by atoms with Gasteiger partial charge in [-0.2, -0.15) is 0 Å². The summed E-state index contributed by atoms with van der Waals surface area (Å²) in [6, 6.07) is 0. The Balaban J connectivity index is 2.64. The first kappa shape index (κ1) is 11.1. The maximum atomic E-state index is 6.04. The molecule has 0 saturated heterocycles. The number of hydrogen-bond acceptors (Lipinski definition) is 3. The summed E-state index contributed by atoms with van der Waals surface area (Å²) in [5, 5.41) is 0.494. The molecule has 0 unspecified atom stereocenters. The summed E-state index contributed by atoms with van der Waals surface area (Å²) in [6.07, 6.45) is 3.70. The molecule has 5 heteroatoms. The number of aromatic nitrogens is 4. The highest BCUT2D eigenvalue weighted by Crippen LogP contribution is 2.24. The van der Waals surface area contributed by atoms with Crippen molar-refractivity contribution in [1.82, 2.24) is 19.5 Å². The smallest absolute Gasteiger partial charge is 0.159 e. The van der Waals surface area contributed by atoms with Gasteiger partial charge in [-0.1, -0.05) is 11.6 Å². The summed E-state index contributed by atoms with van der Waals surface area (Å²) in [6.45, 7) is 6.66. The van der Waals surface area contributed by atoms with Crippen molar-refractivity contribution >= 4 is 11.6 Å². The van der Waals surface area contributed by atoms with Crippen LogP contribution < -0.4 is 0 Å². The van der Waals surface area contributed by atoms with Gasteiger partial charge in [-0.3, -0.25) is 0 Å². The van der Waals surface area contributed by atoms with E-state index < -0.39 is 0 Å². The molecule has 0 aliphatic carbocycles. The lowest BCUT2D eigenvalue weighted by atomic mass is 10.2. The third kappa shape index (κ3) is 1.80. The minimum absolute atomic E-state index is 0.494. The molecule has 2 rings (SSSR count). The van der Waals surface area contributed by atoms with Gasteiger partial charge in [0.1, 0.15) is 16.7 Å². The number of hydrogen-bond donors (Lipinski definition) is 0. The van der Waals surface area contributed by atoms with E-state index in [-0.39, 0.29) is 0 Å². The summed E-state index contributed by atoms with van der Waals surface area (Å²) >= 11 is 6.04. The van der Waals surface area contributed by atoms with Crippen LogP contribution in [-0.2, 0) is 6.54 Å². The highest BCUT2D eigenvalue weighted by molar-refractivity contribution is 6.30. The Bertz CT molecular complexity index is 519. The first-order valence-corrected chi connectivity index (χ1v) is 5.53. The van der Waals surface area contributed by atoms with Crippen molar-refractivity contribution in [2.45, 2.75) is 27.3 Å². The molecule has 0 radical (unpaired) electrons. The van der Waals surface area contributed by atoms with E-state index >= 15 is 0 Å². The Kier molecular flexibility index (Phi) is 2.92. The maximum Gasteiger partial charge on any atom is 0.159 e. The predicted octanol–water partition coefficient (Wildman–Crippen LogP) is 2.63. The van der Waals surface area contributed by atoms with Crippen molar-refractivity contribution in [2.24, 2.45) is 0 Å². The van der Waals surface area contributed by atoms with Crippen LogP contribution >= 0.6 is 11.6 Å². The Morgan fingerprint density at radius 1 is 1.31 bits per heavy atom. The monoisotopic (exact) mass is 236 g/mol. The molecule has 0 aliphatic rings. The number of nitrogens with zero attached hydrogens (tertiary/aromatic N) is 4. The molecule has 0 aromatic carbocycles. The van der Waals surface area contributed by atoms with Crippen LogP contribution in [0.25, 0.3) is 11.5 Å². The molecule has 2 aromatic heterocycles. The first-order chi connectivity index (χ1) is 7.63. The second-order valence-electron chi connectivity index (χ2n) is 3.57. The van der Waals surface area contributed by atoms with Crippen LogP contribution in [0.3, 0.4) is 0 Å². The fourth-order valence-corrected chi connectivity index (χ4v) is 1.81. The van der Waals surface area contributed by atoms with Crippen LogP contribution in [0.15, 0.2) is 12.4 Å². The fourth-order valence-electron chi connectivity index (χ4n) is 1.59. The molecule has 4 nitrogen and oxygen atoms in total. The predicted molar refractivity (Wildman–Crippen MR) is 63.4 cm³/mol. The lowest BCUT2D eigenvalue weighted by molar-refractivity contribution is 0.765. The Labute approximate surface area is 99.3 Å². The summed E-state index contributed by atoms with van der Waals surface area (Å²) in [5.41, 5.74) is 1.68. The standard InChI is InChI=1S/C11H13ClN4/c1-4-16-6-5-13-11(16)9-7(2)10(12)15-8(3)14-9/h5-6H,4H2,1-3H3. The van der Waals surface area contributed by atoms with Crippen LogP contribution in [0.1, 0.15) is 18.3 Å². The summed E-state index contributed by atoms with van der Waals surface area (Å²) < 4.78 is 2.03. The number of halogens is 1. The zero-order chi connectivity index (χ0) is 11.7. The van der Waals surface area contributed by atoms with Crippen LogP contribution in [0.4, 0.5) is 0 Å². The van der Waals surface area contributed by atoms with E-state index in [1.807, 2.05) is 24.6 Å². The molecule has 0 N–H and O–H groups in total. The molecule has 84 valence electrons. The molecule has 0 aliphatic heterocycles. The summed E-state index contributed by atoms with van der Waals surface area (Å²) in [4.78, 5) is 12.8. The van der Waals surface area contributed by atoms with E-state index in [2.05, 4.69) is 21.9 Å². The summed E-state index contributed by atoms with van der Waals surface area (Å²) in [5.74, 6) is 1.50. The van der Waals surface area contributed by atoms with Crippen LogP contribution in [-0.4, -0.2) is 19.5 Å². The van der Waals surface area contributed by atoms with Crippen LogP contribution in [0, 0.1) is 13.8 Å². The second kappa shape index (κ2) is 4.22. The van der Waals surface area contributed by atoms with Gasteiger partial charge in [-0.15, -0.1) is 0 Å². The molecule has 2 heterocycles. The van der Waals surface area contributed by atoms with Crippen LogP contribution in [0.2, 0.25) is 5.15 Å². The zero-order valence-electron chi connectivity index (χ0n) is 9.53. The van der Waals surface area contributed by atoms with E-state index in [0.717, 1.165) is 23.6 Å². The molecule has 0 amide bonds. The van der Waals surface area contributed by atoms with Gasteiger partial charge in [0.2, 0.25) is 0 Å². The molecule has 0 fully saturated rings. The highest BCUT2D eigenvalue weighted by Gasteiger charge is 2.13. The number of imidazole rings is 1. The highest BCUT2D eigenvalue weighted by atomic mass is 35.5. The summed E-state index contributed by atoms with van der Waals surface area (Å²) in [7, 11) is 0. The van der Waals surface area contributed by atoms with Gasteiger partial charge in [0.25, 0.3) is 0 Å². The van der Waals surface area contributed by atoms with Gasteiger partial charge in [0.15, 0.2) is 5.82 Å². The van der Waals surface area contributed by atoms with E-state index in [1.54, 1.807) is 6.20 Å². The molecule has 2 aromatic rings. The third-order valence-corrected chi connectivity index (χ3v) is 2.83. The van der Waals surface area contributed by atoms with E-state index in [1.165, 1.54) is 0 Å². The fraction of sp³-hybridized carbons (Fsp3) is 0.364. The lowest BCUT2D eigenvalue weighted by Crippen LogP contribution is -2.02. The van der Waals surface area contributed by atoms with Gasteiger partial charge < -0.3 is 4.57 Å². The maximum absolute atomic E-state index is 6.04. The minimum atomic E-state index is 0.494. The van der Waals surface area contributed by atoms with Crippen molar-refractivity contribution in [3.63, 3.8) is 0 Å². The largest absolute Gasteiger partial charge is 0.330 e. The Hall–Kier alpha value is -1.42. The van der Waals surface area contributed by atoms with E-state index in [9.17, 15) is 0 Å². The number of aryl methyl sites for hydroxylation is 2. The van der Waals surface area contributed by atoms with Crippen molar-refractivity contribution < 1.29 is 0 Å². The molecule has 0 saturated carbocycles.